The summed E-state index contributed by atoms with van der Waals surface area (Å²) in [4.78, 5) is 12.8. The SMILES string of the molecule is CCCCC(O)C(O)C=CC1=C(CC(O)CO)C2CCC(O)C3NC(C)CCC(C(O)Cc4ccc(cc4)CC(C(C)(O)C4c5ccc(O)cc5C=CC4CC(C)C)(CC#Cc4ccccc4CC1)N2)C3CC(=O)O. The molecule has 11 N–H and O–H groups in total. The monoisotopic (exact) mass is 1030 g/mol. The number of carboxylic acids is 1. The van der Waals surface area contributed by atoms with E-state index in [2.05, 4.69) is 42.4 Å². The van der Waals surface area contributed by atoms with Gasteiger partial charge in [0.2, 0.25) is 0 Å². The largest absolute Gasteiger partial charge is 0.508 e. The number of carbonyl (C=O) groups is 1. The van der Waals surface area contributed by atoms with Crippen molar-refractivity contribution in [3.63, 3.8) is 0 Å². The average molecular weight is 1030 g/mol. The molecule has 3 aromatic rings. The van der Waals surface area contributed by atoms with E-state index in [4.69, 9.17) is 0 Å². The molecule has 1 fully saturated rings. The lowest BCUT2D eigenvalue weighted by atomic mass is 9.59. The van der Waals surface area contributed by atoms with E-state index in [0.29, 0.717) is 37.7 Å². The van der Waals surface area contributed by atoms with Crippen LogP contribution in [0.25, 0.3) is 6.08 Å². The zero-order valence-electron chi connectivity index (χ0n) is 44.9. The maximum absolute atomic E-state index is 14.4. The number of rotatable bonds is 15. The molecule has 75 heavy (non-hydrogen) atoms. The highest BCUT2D eigenvalue weighted by molar-refractivity contribution is 5.67. The van der Waals surface area contributed by atoms with E-state index in [-0.39, 0.29) is 68.6 Å². The first kappa shape index (κ1) is 58.0. The number of hydrogen-bond donors (Lipinski definition) is 11. The lowest BCUT2D eigenvalue weighted by molar-refractivity contribution is -0.139. The number of benzene rings is 3. The Morgan fingerprint density at radius 1 is 0.960 bits per heavy atom. The highest BCUT2D eigenvalue weighted by atomic mass is 16.4. The molecular formula is C63H86N2O10. The molecule has 0 aromatic heterocycles. The quantitative estimate of drug-likeness (QED) is 0.0661. The summed E-state index contributed by atoms with van der Waals surface area (Å²) in [5, 5.41) is 113. The zero-order chi connectivity index (χ0) is 54.0. The van der Waals surface area contributed by atoms with Crippen LogP contribution in [0.3, 0.4) is 0 Å². The number of aliphatic carboxylic acids is 1. The van der Waals surface area contributed by atoms with Gasteiger partial charge in [-0.15, -0.1) is 0 Å². The van der Waals surface area contributed by atoms with Gasteiger partial charge in [-0.05, 0) is 165 Å². The summed E-state index contributed by atoms with van der Waals surface area (Å²) >= 11 is 0. The number of allylic oxidation sites excluding steroid dienone is 3. The highest BCUT2D eigenvalue weighted by Gasteiger charge is 2.55. The summed E-state index contributed by atoms with van der Waals surface area (Å²) in [7, 11) is 0. The number of aliphatic hydroxyl groups excluding tert-OH is 6. The minimum atomic E-state index is -1.67. The van der Waals surface area contributed by atoms with Crippen LogP contribution >= 0.6 is 0 Å². The predicted octanol–water partition coefficient (Wildman–Crippen LogP) is 7.66. The van der Waals surface area contributed by atoms with Crippen LogP contribution in [0.15, 0.2) is 96.1 Å². The molecule has 0 spiro atoms. The van der Waals surface area contributed by atoms with Crippen molar-refractivity contribution in [1.82, 2.24) is 10.6 Å². The van der Waals surface area contributed by atoms with Crippen LogP contribution in [0.4, 0.5) is 0 Å². The number of aliphatic hydroxyl groups is 7. The first-order valence-corrected chi connectivity index (χ1v) is 27.9. The van der Waals surface area contributed by atoms with E-state index in [1.165, 1.54) is 0 Å². The average Bonchev–Trinajstić information content (AvgIpc) is 3.53. The highest BCUT2D eigenvalue weighted by Crippen LogP contribution is 2.51. The van der Waals surface area contributed by atoms with Gasteiger partial charge in [0, 0.05) is 36.0 Å². The molecule has 1 aliphatic carbocycles. The summed E-state index contributed by atoms with van der Waals surface area (Å²) in [6, 6.07) is 19.7. The number of nitrogens with one attached hydrogen (secondary N) is 2. The second-order valence-electron chi connectivity index (χ2n) is 23.2. The maximum Gasteiger partial charge on any atom is 0.303 e. The van der Waals surface area contributed by atoms with Gasteiger partial charge in [-0.1, -0.05) is 118 Å². The predicted molar refractivity (Wildman–Crippen MR) is 295 cm³/mol. The molecule has 0 saturated carbocycles. The maximum atomic E-state index is 14.4. The number of aromatic hydroxyl groups is 1. The van der Waals surface area contributed by atoms with Gasteiger partial charge in [0.25, 0.3) is 0 Å². The van der Waals surface area contributed by atoms with E-state index >= 15 is 0 Å². The second kappa shape index (κ2) is 26.1. The van der Waals surface area contributed by atoms with Crippen LogP contribution in [-0.2, 0) is 24.1 Å². The van der Waals surface area contributed by atoms with Crippen molar-refractivity contribution in [1.29, 1.82) is 0 Å². The lowest BCUT2D eigenvalue weighted by Gasteiger charge is -2.54. The van der Waals surface area contributed by atoms with Crippen molar-refractivity contribution in [3.05, 3.63) is 129 Å². The van der Waals surface area contributed by atoms with E-state index in [9.17, 15) is 50.8 Å². The van der Waals surface area contributed by atoms with Gasteiger partial charge in [0.05, 0.1) is 54.7 Å². The molecule has 12 heteroatoms. The van der Waals surface area contributed by atoms with Gasteiger partial charge in [0.1, 0.15) is 5.75 Å². The number of unbranched alkanes of at least 4 members (excludes halogenated alkanes) is 1. The van der Waals surface area contributed by atoms with Crippen LogP contribution in [0.2, 0.25) is 0 Å². The topological polar surface area (TPSA) is 223 Å². The Morgan fingerprint density at radius 3 is 2.43 bits per heavy atom. The Balaban J connectivity index is 1.54. The summed E-state index contributed by atoms with van der Waals surface area (Å²) < 4.78 is 0. The van der Waals surface area contributed by atoms with Crippen molar-refractivity contribution in [2.75, 3.05) is 6.61 Å². The van der Waals surface area contributed by atoms with Crippen LogP contribution in [-0.4, -0.2) is 118 Å². The number of carboxylic acid groups (broad SMARTS) is 1. The van der Waals surface area contributed by atoms with Crippen molar-refractivity contribution in [2.24, 2.45) is 23.7 Å². The van der Waals surface area contributed by atoms with Crippen molar-refractivity contribution >= 4 is 12.0 Å². The standard InChI is InChI=1S/C63H86N2O10/c1-6-7-14-55(69)56(70)29-24-45-21-20-44-12-9-8-11-43(44)13-10-31-63(62(5,75)60-47(32-39(2)3)23-22-46-34-48(67)25-27-50(46)60)37-42-18-16-41(17-19-42)33-58(72)51-26-15-40(4)64-61(53(51)36-59(73)74)57(71)30-28-54(65-63)52(45)35-49(68)38-66/h8-9,11-12,16-19,22-25,27,29,34,39-40,47,49,51,53-58,60-61,64-72,75H,6-7,14-15,20-21,26,28,30-33,35-38H2,1-5H3,(H,73,74). The fraction of sp³-hybridized carbons (Fsp3) is 0.571. The Bertz CT molecular complexity index is 2520. The minimum absolute atomic E-state index is 0.0302. The third-order valence-corrected chi connectivity index (χ3v) is 17.1. The molecule has 3 aromatic carbocycles. The van der Waals surface area contributed by atoms with Gasteiger partial charge >= 0.3 is 5.97 Å². The molecule has 1 saturated heterocycles. The number of hydrogen-bond acceptors (Lipinski definition) is 11. The molecule has 408 valence electrons. The van der Waals surface area contributed by atoms with E-state index in [1.54, 1.807) is 18.2 Å². The van der Waals surface area contributed by atoms with E-state index in [0.717, 1.165) is 58.2 Å². The van der Waals surface area contributed by atoms with E-state index in [1.807, 2.05) is 87.5 Å². The lowest BCUT2D eigenvalue weighted by Crippen LogP contribution is -2.68. The molecule has 4 aliphatic heterocycles. The summed E-state index contributed by atoms with van der Waals surface area (Å²) in [5.41, 5.74) is 3.58. The van der Waals surface area contributed by atoms with Crippen LogP contribution in [0, 0.1) is 35.5 Å². The normalized spacial score (nSPS) is 29.6. The summed E-state index contributed by atoms with van der Waals surface area (Å²) in [6.07, 6.45) is 7.65. The first-order valence-electron chi connectivity index (χ1n) is 27.9. The van der Waals surface area contributed by atoms with Crippen molar-refractivity contribution in [2.45, 2.75) is 197 Å². The minimum Gasteiger partial charge on any atom is -0.508 e. The second-order valence-corrected chi connectivity index (χ2v) is 23.2. The molecular weight excluding hydrogens is 945 g/mol. The van der Waals surface area contributed by atoms with Crippen molar-refractivity contribution in [3.8, 4) is 17.6 Å². The molecule has 6 bridgehead atoms. The number of phenols is 1. The van der Waals surface area contributed by atoms with Gasteiger partial charge in [-0.2, -0.15) is 0 Å². The Kier molecular flexibility index (Phi) is 20.2. The third-order valence-electron chi connectivity index (χ3n) is 17.1. The van der Waals surface area contributed by atoms with Crippen LogP contribution in [0.5, 0.6) is 5.75 Å². The van der Waals surface area contributed by atoms with Gasteiger partial charge < -0.3 is 56.6 Å². The van der Waals surface area contributed by atoms with Gasteiger partial charge in [0.15, 0.2) is 0 Å². The van der Waals surface area contributed by atoms with Crippen LogP contribution < -0.4 is 10.6 Å². The van der Waals surface area contributed by atoms with Gasteiger partial charge in [-0.3, -0.25) is 4.79 Å². The van der Waals surface area contributed by atoms with E-state index < -0.39 is 84.1 Å². The molecule has 8 rings (SSSR count). The first-order chi connectivity index (χ1) is 35.8. The molecule has 5 aliphatic rings. The van der Waals surface area contributed by atoms with Crippen LogP contribution in [0.1, 0.15) is 151 Å². The fourth-order valence-electron chi connectivity index (χ4n) is 13.0. The zero-order valence-corrected chi connectivity index (χ0v) is 44.9. The molecule has 0 radical (unpaired) electrons. The molecule has 14 atom stereocenters. The number of aryl methyl sites for hydroxylation is 1. The number of fused-ring (bicyclic) bond motifs is 7. The third kappa shape index (κ3) is 14.3. The Hall–Kier alpha value is -4.65. The molecule has 4 heterocycles. The Labute approximate surface area is 445 Å². The fourth-order valence-corrected chi connectivity index (χ4v) is 13.0. The van der Waals surface area contributed by atoms with Gasteiger partial charge in [-0.25, -0.2) is 0 Å². The van der Waals surface area contributed by atoms with Crippen molar-refractivity contribution < 1.29 is 50.8 Å². The molecule has 14 unspecified atom stereocenters. The summed E-state index contributed by atoms with van der Waals surface area (Å²) in [5.74, 6) is 4.67. The smallest absolute Gasteiger partial charge is 0.303 e. The summed E-state index contributed by atoms with van der Waals surface area (Å²) in [6.45, 7) is 9.71. The molecule has 12 nitrogen and oxygen atoms in total. The number of phenolic OH excluding ortho intramolecular Hbond substituents is 1. The molecule has 0 amide bonds. The Morgan fingerprint density at radius 2 is 1.71 bits per heavy atom.